The molecule has 2 aromatic rings. The van der Waals surface area contributed by atoms with Crippen LogP contribution in [0.4, 0.5) is 5.69 Å². The first-order valence-electron chi connectivity index (χ1n) is 7.11. The van der Waals surface area contributed by atoms with Gasteiger partial charge in [-0.15, -0.1) is 11.8 Å². The summed E-state index contributed by atoms with van der Waals surface area (Å²) in [5.74, 6) is -0.935. The van der Waals surface area contributed by atoms with E-state index in [0.29, 0.717) is 5.69 Å². The molecule has 0 aliphatic rings. The van der Waals surface area contributed by atoms with Crippen LogP contribution >= 0.6 is 11.8 Å². The van der Waals surface area contributed by atoms with Crippen molar-refractivity contribution in [3.63, 3.8) is 0 Å². The zero-order valence-electron chi connectivity index (χ0n) is 13.0. The van der Waals surface area contributed by atoms with Crippen molar-refractivity contribution >= 4 is 39.3 Å². The van der Waals surface area contributed by atoms with Gasteiger partial charge in [-0.3, -0.25) is 9.59 Å². The van der Waals surface area contributed by atoms with Crippen LogP contribution in [0.25, 0.3) is 0 Å². The van der Waals surface area contributed by atoms with Crippen LogP contribution in [0.3, 0.4) is 0 Å². The first kappa shape index (κ1) is 19.0. The molecule has 0 fully saturated rings. The minimum absolute atomic E-state index is 0.0603. The lowest BCUT2D eigenvalue weighted by molar-refractivity contribution is -0.144. The van der Waals surface area contributed by atoms with Crippen molar-refractivity contribution in [3.8, 4) is 0 Å². The number of hydrogen-bond acceptors (Lipinski definition) is 6. The molecule has 0 radical (unpaired) electrons. The quantitative estimate of drug-likeness (QED) is 0.557. The van der Waals surface area contributed by atoms with Crippen molar-refractivity contribution in [2.75, 3.05) is 17.7 Å². The number of carbonyl (C=O) groups excluding carboxylic acids is 2. The molecule has 7 nitrogen and oxygen atoms in total. The second kappa shape index (κ2) is 8.65. The fourth-order valence-corrected chi connectivity index (χ4v) is 3.00. The minimum Gasteiger partial charge on any atom is -0.455 e. The van der Waals surface area contributed by atoms with Gasteiger partial charge in [0, 0.05) is 10.6 Å². The largest absolute Gasteiger partial charge is 0.455 e. The number of hydrogen-bond donors (Lipinski definition) is 2. The van der Waals surface area contributed by atoms with E-state index < -0.39 is 28.5 Å². The van der Waals surface area contributed by atoms with Crippen LogP contribution in [0.5, 0.6) is 0 Å². The molecule has 0 atom stereocenters. The van der Waals surface area contributed by atoms with E-state index in [4.69, 9.17) is 9.88 Å². The molecule has 0 aromatic heterocycles. The fourth-order valence-electron chi connectivity index (χ4n) is 1.77. The van der Waals surface area contributed by atoms with Gasteiger partial charge in [0.05, 0.1) is 10.6 Å². The molecule has 0 aliphatic carbocycles. The van der Waals surface area contributed by atoms with Gasteiger partial charge in [-0.25, -0.2) is 13.6 Å². The Morgan fingerprint density at radius 3 is 2.28 bits per heavy atom. The van der Waals surface area contributed by atoms with Gasteiger partial charge in [0.25, 0.3) is 5.91 Å². The summed E-state index contributed by atoms with van der Waals surface area (Å²) in [5.41, 5.74) is 0.368. The molecule has 0 saturated heterocycles. The third-order valence-electron chi connectivity index (χ3n) is 2.93. The molecule has 0 heterocycles. The van der Waals surface area contributed by atoms with Crippen molar-refractivity contribution in [1.29, 1.82) is 0 Å². The molecule has 9 heteroatoms. The van der Waals surface area contributed by atoms with E-state index in [1.807, 2.05) is 30.3 Å². The SMILES string of the molecule is NS(=O)(=O)c1ccc(NC(=O)COC(=O)CSc2ccccc2)cc1. The number of benzene rings is 2. The van der Waals surface area contributed by atoms with Gasteiger partial charge < -0.3 is 10.1 Å². The van der Waals surface area contributed by atoms with Crippen molar-refractivity contribution in [2.24, 2.45) is 5.14 Å². The average Bonchev–Trinajstić information content (AvgIpc) is 2.59. The van der Waals surface area contributed by atoms with Crippen LogP contribution in [0.2, 0.25) is 0 Å². The van der Waals surface area contributed by atoms with Gasteiger partial charge in [-0.1, -0.05) is 18.2 Å². The Labute approximate surface area is 149 Å². The summed E-state index contributed by atoms with van der Waals surface area (Å²) in [7, 11) is -3.78. The third kappa shape index (κ3) is 6.57. The van der Waals surface area contributed by atoms with Crippen LogP contribution in [0.1, 0.15) is 0 Å². The molecule has 0 unspecified atom stereocenters. The zero-order valence-corrected chi connectivity index (χ0v) is 14.7. The summed E-state index contributed by atoms with van der Waals surface area (Å²) in [6, 6.07) is 14.7. The molecule has 0 saturated carbocycles. The maximum atomic E-state index is 11.7. The molecule has 2 rings (SSSR count). The highest BCUT2D eigenvalue weighted by molar-refractivity contribution is 8.00. The Balaban J connectivity index is 1.75. The Morgan fingerprint density at radius 1 is 1.04 bits per heavy atom. The van der Waals surface area contributed by atoms with Crippen LogP contribution in [-0.2, 0) is 24.3 Å². The molecule has 25 heavy (non-hydrogen) atoms. The van der Waals surface area contributed by atoms with E-state index in [9.17, 15) is 18.0 Å². The molecular weight excluding hydrogens is 364 g/mol. The van der Waals surface area contributed by atoms with Crippen LogP contribution < -0.4 is 10.5 Å². The van der Waals surface area contributed by atoms with Gasteiger partial charge >= 0.3 is 5.97 Å². The zero-order chi connectivity index (χ0) is 18.3. The van der Waals surface area contributed by atoms with Crippen molar-refractivity contribution in [3.05, 3.63) is 54.6 Å². The van der Waals surface area contributed by atoms with E-state index >= 15 is 0 Å². The van der Waals surface area contributed by atoms with Gasteiger partial charge in [-0.05, 0) is 36.4 Å². The summed E-state index contributed by atoms with van der Waals surface area (Å²) in [4.78, 5) is 24.2. The topological polar surface area (TPSA) is 116 Å². The Hall–Kier alpha value is -2.36. The third-order valence-corrected chi connectivity index (χ3v) is 4.85. The normalized spacial score (nSPS) is 10.9. The summed E-state index contributed by atoms with van der Waals surface area (Å²) in [5, 5.41) is 7.48. The number of carbonyl (C=O) groups is 2. The molecule has 132 valence electrons. The van der Waals surface area contributed by atoms with E-state index in [1.165, 1.54) is 36.0 Å². The lowest BCUT2D eigenvalue weighted by atomic mass is 10.3. The fraction of sp³-hybridized carbons (Fsp3) is 0.125. The Morgan fingerprint density at radius 2 is 1.68 bits per heavy atom. The number of primary sulfonamides is 1. The van der Waals surface area contributed by atoms with E-state index in [1.54, 1.807) is 0 Å². The Kier molecular flexibility index (Phi) is 6.57. The average molecular weight is 380 g/mol. The highest BCUT2D eigenvalue weighted by atomic mass is 32.2. The number of sulfonamides is 1. The first-order valence-corrected chi connectivity index (χ1v) is 9.64. The molecule has 0 aliphatic heterocycles. The highest BCUT2D eigenvalue weighted by Crippen LogP contribution is 2.17. The molecule has 0 spiro atoms. The van der Waals surface area contributed by atoms with E-state index in [0.717, 1.165) is 4.90 Å². The minimum atomic E-state index is -3.78. The number of esters is 1. The number of anilines is 1. The lowest BCUT2D eigenvalue weighted by Gasteiger charge is -2.07. The van der Waals surface area contributed by atoms with Crippen LogP contribution in [0, 0.1) is 0 Å². The monoisotopic (exact) mass is 380 g/mol. The predicted octanol–water partition coefficient (Wildman–Crippen LogP) is 1.61. The Bertz CT molecular complexity index is 837. The summed E-state index contributed by atoms with van der Waals surface area (Å²) in [6.45, 7) is -0.425. The smallest absolute Gasteiger partial charge is 0.316 e. The maximum Gasteiger partial charge on any atom is 0.316 e. The van der Waals surface area contributed by atoms with Gasteiger partial charge in [0.2, 0.25) is 10.0 Å². The first-order chi connectivity index (χ1) is 11.8. The van der Waals surface area contributed by atoms with Crippen molar-refractivity contribution in [1.82, 2.24) is 0 Å². The number of nitrogens with two attached hydrogens (primary N) is 1. The molecular formula is C16H16N2O5S2. The number of amides is 1. The van der Waals surface area contributed by atoms with E-state index in [2.05, 4.69) is 5.32 Å². The van der Waals surface area contributed by atoms with Gasteiger partial charge in [-0.2, -0.15) is 0 Å². The number of ether oxygens (including phenoxy) is 1. The molecule has 2 aromatic carbocycles. The second-order valence-electron chi connectivity index (χ2n) is 4.88. The van der Waals surface area contributed by atoms with Gasteiger partial charge in [0.15, 0.2) is 6.61 Å². The van der Waals surface area contributed by atoms with E-state index in [-0.39, 0.29) is 10.6 Å². The molecule has 0 bridgehead atoms. The van der Waals surface area contributed by atoms with Gasteiger partial charge in [0.1, 0.15) is 0 Å². The highest BCUT2D eigenvalue weighted by Gasteiger charge is 2.10. The summed E-state index contributed by atoms with van der Waals surface area (Å²) < 4.78 is 27.2. The summed E-state index contributed by atoms with van der Waals surface area (Å²) >= 11 is 1.31. The number of thioether (sulfide) groups is 1. The van der Waals surface area contributed by atoms with Crippen LogP contribution in [-0.4, -0.2) is 32.7 Å². The predicted molar refractivity (Wildman–Crippen MR) is 94.6 cm³/mol. The number of rotatable bonds is 7. The molecule has 1 amide bonds. The van der Waals surface area contributed by atoms with Crippen LogP contribution in [0.15, 0.2) is 64.4 Å². The second-order valence-corrected chi connectivity index (χ2v) is 7.49. The maximum absolute atomic E-state index is 11.7. The van der Waals surface area contributed by atoms with Crippen molar-refractivity contribution < 1.29 is 22.7 Å². The number of nitrogens with one attached hydrogen (secondary N) is 1. The lowest BCUT2D eigenvalue weighted by Crippen LogP contribution is -2.21. The standard InChI is InChI=1S/C16H16N2O5S2/c17-25(21,22)14-8-6-12(7-9-14)18-15(19)10-23-16(20)11-24-13-4-2-1-3-5-13/h1-9H,10-11H2,(H,18,19)(H2,17,21,22). The molecule has 3 N–H and O–H groups in total. The summed E-state index contributed by atoms with van der Waals surface area (Å²) in [6.07, 6.45) is 0. The van der Waals surface area contributed by atoms with Crippen molar-refractivity contribution in [2.45, 2.75) is 9.79 Å².